The van der Waals surface area contributed by atoms with Crippen LogP contribution in [0.5, 0.6) is 0 Å². The van der Waals surface area contributed by atoms with E-state index in [0.717, 1.165) is 17.9 Å². The summed E-state index contributed by atoms with van der Waals surface area (Å²) in [6.07, 6.45) is 13.1. The monoisotopic (exact) mass is 558 g/mol. The van der Waals surface area contributed by atoms with Gasteiger partial charge in [0.1, 0.15) is 0 Å². The van der Waals surface area contributed by atoms with Crippen LogP contribution in [0.4, 0.5) is 0 Å². The SMILES string of the molecule is CCC[CH2][Sn](/[CH]=C/C(CCc1ccc(Cl)cc1)O[Si](C)(C)C)([CH2]CCC)[CH2]CCC. The molecule has 0 spiro atoms. The van der Waals surface area contributed by atoms with Crippen molar-refractivity contribution in [2.45, 2.75) is 111 Å². The van der Waals surface area contributed by atoms with E-state index in [0.29, 0.717) is 0 Å². The molecular formula is C26H47ClOSiSn. The molecule has 172 valence electrons. The molecule has 1 atom stereocenters. The van der Waals surface area contributed by atoms with Gasteiger partial charge in [0.2, 0.25) is 0 Å². The topological polar surface area (TPSA) is 9.23 Å². The summed E-state index contributed by atoms with van der Waals surface area (Å²) in [6.45, 7) is 14.0. The van der Waals surface area contributed by atoms with Gasteiger partial charge >= 0.3 is 199 Å². The second-order valence-corrected chi connectivity index (χ2v) is 27.9. The maximum atomic E-state index is 6.65. The predicted molar refractivity (Wildman–Crippen MR) is 142 cm³/mol. The Hall–Kier alpha value is 0.226. The first kappa shape index (κ1) is 28.3. The van der Waals surface area contributed by atoms with Gasteiger partial charge in [-0.05, 0) is 0 Å². The van der Waals surface area contributed by atoms with E-state index in [9.17, 15) is 0 Å². The molecule has 0 amide bonds. The van der Waals surface area contributed by atoms with E-state index < -0.39 is 26.7 Å². The molecule has 4 heteroatoms. The number of hydrogen-bond acceptors (Lipinski definition) is 1. The Labute approximate surface area is 198 Å². The number of unbranched alkanes of at least 4 members (excludes halogenated alkanes) is 3. The molecule has 0 heterocycles. The van der Waals surface area contributed by atoms with Crippen molar-refractivity contribution >= 4 is 38.3 Å². The molecule has 1 aromatic rings. The van der Waals surface area contributed by atoms with Gasteiger partial charge in [-0.1, -0.05) is 0 Å². The molecule has 1 aromatic carbocycles. The van der Waals surface area contributed by atoms with Gasteiger partial charge in [0, 0.05) is 0 Å². The Morgan fingerprint density at radius 2 is 1.40 bits per heavy atom. The first-order valence-corrected chi connectivity index (χ1v) is 23.8. The van der Waals surface area contributed by atoms with Gasteiger partial charge in [-0.3, -0.25) is 0 Å². The fraction of sp³-hybridized carbons (Fsp3) is 0.692. The van der Waals surface area contributed by atoms with Crippen LogP contribution in [0.3, 0.4) is 0 Å². The number of benzene rings is 1. The van der Waals surface area contributed by atoms with E-state index >= 15 is 0 Å². The fourth-order valence-electron chi connectivity index (χ4n) is 4.13. The van der Waals surface area contributed by atoms with Gasteiger partial charge in [-0.15, -0.1) is 0 Å². The third kappa shape index (κ3) is 12.3. The van der Waals surface area contributed by atoms with Crippen LogP contribution in [-0.4, -0.2) is 32.8 Å². The van der Waals surface area contributed by atoms with Crippen LogP contribution in [0, 0.1) is 0 Å². The third-order valence-electron chi connectivity index (χ3n) is 5.88. The van der Waals surface area contributed by atoms with Crippen LogP contribution < -0.4 is 0 Å². The normalized spacial score (nSPS) is 13.8. The number of halogens is 1. The summed E-state index contributed by atoms with van der Waals surface area (Å²) in [6, 6.07) is 8.32. The summed E-state index contributed by atoms with van der Waals surface area (Å²) in [5.41, 5.74) is 1.36. The van der Waals surface area contributed by atoms with Crippen molar-refractivity contribution in [2.75, 3.05) is 0 Å². The molecule has 30 heavy (non-hydrogen) atoms. The van der Waals surface area contributed by atoms with Gasteiger partial charge in [-0.2, -0.15) is 0 Å². The number of rotatable bonds is 16. The van der Waals surface area contributed by atoms with E-state index in [1.807, 2.05) is 12.1 Å². The Morgan fingerprint density at radius 3 is 1.83 bits per heavy atom. The van der Waals surface area contributed by atoms with E-state index in [2.05, 4.69) is 62.7 Å². The van der Waals surface area contributed by atoms with Gasteiger partial charge in [-0.25, -0.2) is 0 Å². The molecule has 0 saturated heterocycles. The van der Waals surface area contributed by atoms with E-state index in [-0.39, 0.29) is 6.10 Å². The van der Waals surface area contributed by atoms with Crippen molar-refractivity contribution in [3.63, 3.8) is 0 Å². The molecule has 0 bridgehead atoms. The minimum absolute atomic E-state index is 0.258. The van der Waals surface area contributed by atoms with Crippen molar-refractivity contribution in [2.24, 2.45) is 0 Å². The van der Waals surface area contributed by atoms with E-state index in [1.165, 1.54) is 57.4 Å². The molecule has 0 radical (unpaired) electrons. The molecular weight excluding hydrogens is 511 g/mol. The van der Waals surface area contributed by atoms with Gasteiger partial charge in [0.05, 0.1) is 0 Å². The van der Waals surface area contributed by atoms with Crippen molar-refractivity contribution in [1.29, 1.82) is 0 Å². The Morgan fingerprint density at radius 1 is 0.900 bits per heavy atom. The van der Waals surface area contributed by atoms with Crippen molar-refractivity contribution in [3.8, 4) is 0 Å². The minimum atomic E-state index is -2.26. The predicted octanol–water partition coefficient (Wildman–Crippen LogP) is 9.44. The molecule has 1 unspecified atom stereocenters. The zero-order valence-electron chi connectivity index (χ0n) is 20.6. The standard InChI is InChI=1S/C14H20ClOSi.3C4H9.Sn/c1-5-14(16-17(2,3)4)11-8-12-6-9-13(15)10-7-12;3*1-3-4-2;/h1,5-7,9-10,14H,8,11H2,2-4H3;3*1,3-4H2,2H3;. The summed E-state index contributed by atoms with van der Waals surface area (Å²) in [7, 11) is -1.59. The zero-order chi connectivity index (χ0) is 22.5. The van der Waals surface area contributed by atoms with Crippen molar-refractivity contribution in [3.05, 3.63) is 45.0 Å². The third-order valence-corrected chi connectivity index (χ3v) is 21.3. The average molecular weight is 558 g/mol. The summed E-state index contributed by atoms with van der Waals surface area (Å²) >= 11 is 3.80. The second-order valence-electron chi connectivity index (χ2n) is 9.97. The van der Waals surface area contributed by atoms with E-state index in [1.54, 1.807) is 0 Å². The second kappa shape index (κ2) is 15.1. The molecule has 0 N–H and O–H groups in total. The van der Waals surface area contributed by atoms with Gasteiger partial charge < -0.3 is 0 Å². The molecule has 1 nitrogen and oxygen atoms in total. The molecule has 1 rings (SSSR count). The molecule has 0 aliphatic rings. The van der Waals surface area contributed by atoms with Crippen LogP contribution in [0.25, 0.3) is 0 Å². The Bertz CT molecular complexity index is 572. The summed E-state index contributed by atoms with van der Waals surface area (Å²) in [5.74, 6) is 0. The fourth-order valence-corrected chi connectivity index (χ4v) is 19.8. The molecule has 0 saturated carbocycles. The average Bonchev–Trinajstić information content (AvgIpc) is 2.71. The summed E-state index contributed by atoms with van der Waals surface area (Å²) < 4.78 is 14.0. The maximum absolute atomic E-state index is 6.65. The van der Waals surface area contributed by atoms with Crippen LogP contribution in [0.2, 0.25) is 38.0 Å². The summed E-state index contributed by atoms with van der Waals surface area (Å²) in [4.78, 5) is 0. The zero-order valence-corrected chi connectivity index (χ0v) is 25.2. The molecule has 0 fully saturated rings. The molecule has 0 aromatic heterocycles. The number of hydrogen-bond donors (Lipinski definition) is 0. The number of aryl methyl sites for hydroxylation is 1. The van der Waals surface area contributed by atoms with E-state index in [4.69, 9.17) is 16.0 Å². The molecule has 0 aliphatic carbocycles. The van der Waals surface area contributed by atoms with Crippen LogP contribution in [-0.2, 0) is 10.8 Å². The van der Waals surface area contributed by atoms with Crippen LogP contribution in [0.1, 0.15) is 71.3 Å². The first-order chi connectivity index (χ1) is 14.2. The first-order valence-electron chi connectivity index (χ1n) is 12.3. The Balaban J connectivity index is 3.00. The van der Waals surface area contributed by atoms with Gasteiger partial charge in [0.15, 0.2) is 0 Å². The van der Waals surface area contributed by atoms with Crippen LogP contribution >= 0.6 is 11.6 Å². The quantitative estimate of drug-likeness (QED) is 0.184. The molecule has 0 aliphatic heterocycles. The van der Waals surface area contributed by atoms with Crippen molar-refractivity contribution < 1.29 is 4.43 Å². The van der Waals surface area contributed by atoms with Crippen LogP contribution in [0.15, 0.2) is 34.4 Å². The van der Waals surface area contributed by atoms with Crippen molar-refractivity contribution in [1.82, 2.24) is 0 Å². The Kier molecular flexibility index (Phi) is 14.3. The van der Waals surface area contributed by atoms with Gasteiger partial charge in [0.25, 0.3) is 0 Å². The summed E-state index contributed by atoms with van der Waals surface area (Å²) in [5, 5.41) is 0.815.